The van der Waals surface area contributed by atoms with Crippen molar-refractivity contribution >= 4 is 32.8 Å². The molecule has 0 spiro atoms. The molecule has 1 unspecified atom stereocenters. The second-order valence-corrected chi connectivity index (χ2v) is 10.3. The van der Waals surface area contributed by atoms with E-state index in [1.54, 1.807) is 48.9 Å². The Hall–Kier alpha value is -3.10. The van der Waals surface area contributed by atoms with Crippen LogP contribution in [-0.2, 0) is 14.6 Å². The number of rotatable bonds is 7. The van der Waals surface area contributed by atoms with Gasteiger partial charge in [-0.05, 0) is 36.8 Å². The number of carbonyl (C=O) groups excluding carboxylic acids is 1. The van der Waals surface area contributed by atoms with Gasteiger partial charge in [0.05, 0.1) is 17.7 Å². The van der Waals surface area contributed by atoms with Gasteiger partial charge in [0.2, 0.25) is 15.7 Å². The molecule has 0 aliphatic carbocycles. The van der Waals surface area contributed by atoms with E-state index < -0.39 is 9.84 Å². The molecule has 3 aromatic rings. The van der Waals surface area contributed by atoms with Crippen molar-refractivity contribution in [3.63, 3.8) is 0 Å². The number of anilines is 1. The van der Waals surface area contributed by atoms with Crippen LogP contribution >= 0.6 is 11.3 Å². The molecule has 8 heteroatoms. The molecule has 2 aromatic carbocycles. The number of aryl methyl sites for hydroxylation is 1. The average Bonchev–Trinajstić information content (AvgIpc) is 3.21. The molecule has 1 aliphatic rings. The summed E-state index contributed by atoms with van der Waals surface area (Å²) in [5.74, 6) is 0.597. The topological polar surface area (TPSA) is 81.7 Å². The first-order valence-corrected chi connectivity index (χ1v) is 12.4. The molecule has 0 bridgehead atoms. The lowest BCUT2D eigenvalue weighted by atomic mass is 9.90. The summed E-state index contributed by atoms with van der Waals surface area (Å²) < 4.78 is 37.7. The van der Waals surface area contributed by atoms with Gasteiger partial charge in [0.25, 0.3) is 0 Å². The van der Waals surface area contributed by atoms with Crippen LogP contribution < -0.4 is 14.8 Å². The first kappa shape index (κ1) is 22.1. The second-order valence-electron chi connectivity index (χ2n) is 7.47. The van der Waals surface area contributed by atoms with Gasteiger partial charge in [-0.25, -0.2) is 8.42 Å². The first-order valence-electron chi connectivity index (χ1n) is 9.99. The van der Waals surface area contributed by atoms with Crippen molar-refractivity contribution in [3.8, 4) is 11.5 Å². The summed E-state index contributed by atoms with van der Waals surface area (Å²) in [6.45, 7) is 5.88. The van der Waals surface area contributed by atoms with Gasteiger partial charge in [-0.2, -0.15) is 0 Å². The molecule has 1 N–H and O–H groups in total. The van der Waals surface area contributed by atoms with Gasteiger partial charge in [-0.1, -0.05) is 36.4 Å². The number of benzene rings is 2. The third-order valence-corrected chi connectivity index (χ3v) is 8.36. The summed E-state index contributed by atoms with van der Waals surface area (Å²) in [5, 5.41) is 4.40. The third-order valence-electron chi connectivity index (χ3n) is 5.32. The van der Waals surface area contributed by atoms with Crippen molar-refractivity contribution in [2.45, 2.75) is 29.1 Å². The van der Waals surface area contributed by atoms with E-state index in [4.69, 9.17) is 9.47 Å². The number of fused-ring (bicyclic) bond motifs is 1. The van der Waals surface area contributed by atoms with Crippen molar-refractivity contribution < 1.29 is 22.7 Å². The molecule has 32 heavy (non-hydrogen) atoms. The van der Waals surface area contributed by atoms with E-state index in [-0.39, 0.29) is 28.0 Å². The molecule has 2 heterocycles. The number of amides is 1. The molecule has 0 fully saturated rings. The first-order chi connectivity index (χ1) is 15.3. The van der Waals surface area contributed by atoms with Crippen LogP contribution in [0.2, 0.25) is 0 Å². The van der Waals surface area contributed by atoms with Gasteiger partial charge >= 0.3 is 0 Å². The number of methoxy groups -OCH3 is 1. The monoisotopic (exact) mass is 469 g/mol. The summed E-state index contributed by atoms with van der Waals surface area (Å²) >= 11 is 1.33. The predicted octanol–water partition coefficient (Wildman–Crippen LogP) is 4.94. The summed E-state index contributed by atoms with van der Waals surface area (Å²) in [7, 11) is -2.21. The van der Waals surface area contributed by atoms with Crippen molar-refractivity contribution in [2.24, 2.45) is 0 Å². The van der Waals surface area contributed by atoms with E-state index in [1.807, 2.05) is 19.1 Å². The van der Waals surface area contributed by atoms with Gasteiger partial charge in [0.15, 0.2) is 11.5 Å². The zero-order valence-corrected chi connectivity index (χ0v) is 19.4. The Morgan fingerprint density at radius 1 is 1.19 bits per heavy atom. The summed E-state index contributed by atoms with van der Waals surface area (Å²) in [4.78, 5) is 13.7. The minimum absolute atomic E-state index is 0.121. The van der Waals surface area contributed by atoms with Gasteiger partial charge in [0.1, 0.15) is 11.5 Å². The third kappa shape index (κ3) is 4.03. The van der Waals surface area contributed by atoms with Crippen LogP contribution in [0.15, 0.2) is 70.3 Å². The lowest BCUT2D eigenvalue weighted by molar-refractivity contribution is -0.116. The summed E-state index contributed by atoms with van der Waals surface area (Å²) in [6, 6.07) is 12.2. The molecule has 166 valence electrons. The Morgan fingerprint density at radius 2 is 1.94 bits per heavy atom. The lowest BCUT2D eigenvalue weighted by Crippen LogP contribution is -2.23. The molecule has 1 aromatic heterocycles. The molecule has 0 saturated heterocycles. The SMILES string of the molecule is C=CCOc1cc(C2CC(=O)Nc3c(S(=O)(=O)c4ccc(C)cc4)csc32)ccc1OC. The van der Waals surface area contributed by atoms with Gasteiger partial charge in [-0.3, -0.25) is 4.79 Å². The molecule has 6 nitrogen and oxygen atoms in total. The maximum absolute atomic E-state index is 13.3. The van der Waals surface area contributed by atoms with E-state index in [0.717, 1.165) is 16.0 Å². The fourth-order valence-corrected chi connectivity index (χ4v) is 6.60. The van der Waals surface area contributed by atoms with Gasteiger partial charge < -0.3 is 14.8 Å². The Labute approximate surface area is 191 Å². The number of carbonyl (C=O) groups is 1. The Bertz CT molecular complexity index is 1280. The fourth-order valence-electron chi connectivity index (χ4n) is 3.69. The smallest absolute Gasteiger partial charge is 0.225 e. The van der Waals surface area contributed by atoms with Crippen LogP contribution in [0.1, 0.15) is 28.3 Å². The van der Waals surface area contributed by atoms with Gasteiger partial charge in [-0.15, -0.1) is 11.3 Å². The molecule has 4 rings (SSSR count). The largest absolute Gasteiger partial charge is 0.493 e. The average molecular weight is 470 g/mol. The maximum atomic E-state index is 13.3. The summed E-state index contributed by atoms with van der Waals surface area (Å²) in [6.07, 6.45) is 1.85. The number of hydrogen-bond donors (Lipinski definition) is 1. The Kier molecular flexibility index (Phi) is 6.08. The zero-order chi connectivity index (χ0) is 22.9. The lowest BCUT2D eigenvalue weighted by Gasteiger charge is -2.24. The van der Waals surface area contributed by atoms with E-state index in [1.165, 1.54) is 11.3 Å². The molecule has 1 atom stereocenters. The molecular weight excluding hydrogens is 446 g/mol. The van der Waals surface area contributed by atoms with E-state index >= 15 is 0 Å². The predicted molar refractivity (Wildman–Crippen MR) is 125 cm³/mol. The molecule has 1 amide bonds. The van der Waals surface area contributed by atoms with Crippen LogP contribution in [0, 0.1) is 6.92 Å². The number of nitrogens with one attached hydrogen (secondary N) is 1. The highest BCUT2D eigenvalue weighted by Gasteiger charge is 2.34. The van der Waals surface area contributed by atoms with Crippen LogP contribution in [-0.4, -0.2) is 28.0 Å². The van der Waals surface area contributed by atoms with E-state index in [9.17, 15) is 13.2 Å². The number of thiophene rings is 1. The van der Waals surface area contributed by atoms with E-state index in [0.29, 0.717) is 23.8 Å². The molecular formula is C24H23NO5S2. The van der Waals surface area contributed by atoms with Crippen molar-refractivity contribution in [2.75, 3.05) is 19.0 Å². The Balaban J connectivity index is 1.77. The molecule has 0 saturated carbocycles. The van der Waals surface area contributed by atoms with Crippen molar-refractivity contribution in [1.29, 1.82) is 0 Å². The highest BCUT2D eigenvalue weighted by atomic mass is 32.2. The molecule has 0 radical (unpaired) electrons. The number of ether oxygens (including phenoxy) is 2. The normalized spacial score (nSPS) is 15.6. The minimum Gasteiger partial charge on any atom is -0.493 e. The van der Waals surface area contributed by atoms with Crippen LogP contribution in [0.3, 0.4) is 0 Å². The maximum Gasteiger partial charge on any atom is 0.225 e. The van der Waals surface area contributed by atoms with Crippen LogP contribution in [0.5, 0.6) is 11.5 Å². The summed E-state index contributed by atoms with van der Waals surface area (Å²) in [5.41, 5.74) is 2.18. The fraction of sp³-hybridized carbons (Fsp3) is 0.208. The van der Waals surface area contributed by atoms with Crippen molar-refractivity contribution in [1.82, 2.24) is 0 Å². The van der Waals surface area contributed by atoms with Crippen LogP contribution in [0.4, 0.5) is 5.69 Å². The second kappa shape index (κ2) is 8.80. The standard InChI is InChI=1S/C24H23NO5S2/c1-4-11-30-20-12-16(7-10-19(20)29-3)18-13-22(26)25-23-21(14-31-24(18)23)32(27,28)17-8-5-15(2)6-9-17/h4-10,12,14,18H,1,11,13H2,2-3H3,(H,25,26). The highest BCUT2D eigenvalue weighted by Crippen LogP contribution is 2.47. The minimum atomic E-state index is -3.77. The number of hydrogen-bond acceptors (Lipinski definition) is 6. The highest BCUT2D eigenvalue weighted by molar-refractivity contribution is 7.91. The van der Waals surface area contributed by atoms with Gasteiger partial charge in [0, 0.05) is 22.6 Å². The number of sulfone groups is 1. The molecule has 1 aliphatic heterocycles. The van der Waals surface area contributed by atoms with Crippen molar-refractivity contribution in [3.05, 3.63) is 76.5 Å². The zero-order valence-electron chi connectivity index (χ0n) is 17.8. The Morgan fingerprint density at radius 3 is 2.62 bits per heavy atom. The van der Waals surface area contributed by atoms with Crippen LogP contribution in [0.25, 0.3) is 0 Å². The quantitative estimate of drug-likeness (QED) is 0.496. The van der Waals surface area contributed by atoms with E-state index in [2.05, 4.69) is 11.9 Å².